The molecule has 0 heterocycles. The zero-order chi connectivity index (χ0) is 11.1. The Balaban J connectivity index is 2.34. The second kappa shape index (κ2) is 7.32. The first kappa shape index (κ1) is 13.1. The largest absolute Gasteiger partial charge is 0.298 e. The summed E-state index contributed by atoms with van der Waals surface area (Å²) in [6, 6.07) is 0. The molecule has 0 radical (unpaired) electrons. The predicted octanol–water partition coefficient (Wildman–Crippen LogP) is 3.92. The predicted molar refractivity (Wildman–Crippen MR) is 68.4 cm³/mol. The number of carbonyl (C=O) groups is 1. The summed E-state index contributed by atoms with van der Waals surface area (Å²) >= 11 is 1.82. The van der Waals surface area contributed by atoms with Crippen molar-refractivity contribution in [2.75, 3.05) is 11.5 Å². The molecule has 0 aromatic heterocycles. The molecule has 1 saturated carbocycles. The van der Waals surface area contributed by atoms with Crippen molar-refractivity contribution in [2.24, 2.45) is 11.8 Å². The molecule has 0 saturated heterocycles. The molecule has 0 spiro atoms. The van der Waals surface area contributed by atoms with Gasteiger partial charge in [-0.15, -0.1) is 0 Å². The summed E-state index contributed by atoms with van der Waals surface area (Å²) in [6.45, 7) is 4.41. The molecule has 0 amide bonds. The van der Waals surface area contributed by atoms with Crippen LogP contribution in [0.1, 0.15) is 52.4 Å². The van der Waals surface area contributed by atoms with E-state index in [1.165, 1.54) is 32.1 Å². The highest BCUT2D eigenvalue weighted by molar-refractivity contribution is 7.99. The molecule has 88 valence electrons. The SMILES string of the molecule is CCCSCC(=O)C1CCCCC1CC. The van der Waals surface area contributed by atoms with E-state index in [9.17, 15) is 4.79 Å². The Bertz CT molecular complexity index is 191. The third kappa shape index (κ3) is 4.18. The monoisotopic (exact) mass is 228 g/mol. The molecule has 2 unspecified atom stereocenters. The van der Waals surface area contributed by atoms with Crippen molar-refractivity contribution >= 4 is 17.5 Å². The van der Waals surface area contributed by atoms with Gasteiger partial charge in [0.2, 0.25) is 0 Å². The Labute approximate surface area is 98.4 Å². The smallest absolute Gasteiger partial charge is 0.146 e. The van der Waals surface area contributed by atoms with E-state index < -0.39 is 0 Å². The topological polar surface area (TPSA) is 17.1 Å². The van der Waals surface area contributed by atoms with Crippen molar-refractivity contribution in [1.82, 2.24) is 0 Å². The first-order valence-electron chi connectivity index (χ1n) is 6.40. The van der Waals surface area contributed by atoms with Crippen molar-refractivity contribution < 1.29 is 4.79 Å². The quantitative estimate of drug-likeness (QED) is 0.641. The van der Waals surface area contributed by atoms with Gasteiger partial charge in [0.25, 0.3) is 0 Å². The highest BCUT2D eigenvalue weighted by atomic mass is 32.2. The van der Waals surface area contributed by atoms with Crippen molar-refractivity contribution in [3.8, 4) is 0 Å². The molecule has 1 aliphatic carbocycles. The summed E-state index contributed by atoms with van der Waals surface area (Å²) in [5.74, 6) is 3.51. The summed E-state index contributed by atoms with van der Waals surface area (Å²) in [7, 11) is 0. The van der Waals surface area contributed by atoms with E-state index >= 15 is 0 Å². The van der Waals surface area contributed by atoms with Crippen molar-refractivity contribution in [3.05, 3.63) is 0 Å². The van der Waals surface area contributed by atoms with Gasteiger partial charge in [0.1, 0.15) is 5.78 Å². The fourth-order valence-electron chi connectivity index (χ4n) is 2.54. The molecule has 0 aliphatic heterocycles. The Morgan fingerprint density at radius 3 is 2.67 bits per heavy atom. The van der Waals surface area contributed by atoms with Crippen LogP contribution >= 0.6 is 11.8 Å². The van der Waals surface area contributed by atoms with Gasteiger partial charge in [-0.3, -0.25) is 4.79 Å². The lowest BCUT2D eigenvalue weighted by atomic mass is 9.76. The lowest BCUT2D eigenvalue weighted by Gasteiger charge is -2.29. The summed E-state index contributed by atoms with van der Waals surface area (Å²) in [5, 5.41) is 0. The van der Waals surface area contributed by atoms with Gasteiger partial charge in [0, 0.05) is 5.92 Å². The number of hydrogen-bond acceptors (Lipinski definition) is 2. The number of carbonyl (C=O) groups excluding carboxylic acids is 1. The Hall–Kier alpha value is 0.0200. The highest BCUT2D eigenvalue weighted by Gasteiger charge is 2.28. The minimum absolute atomic E-state index is 0.396. The summed E-state index contributed by atoms with van der Waals surface area (Å²) in [6.07, 6.45) is 7.42. The minimum Gasteiger partial charge on any atom is -0.298 e. The number of Topliss-reactive ketones (excluding diaryl/α,β-unsaturated/α-hetero) is 1. The lowest BCUT2D eigenvalue weighted by molar-refractivity contribution is -0.123. The fourth-order valence-corrected chi connectivity index (χ4v) is 3.39. The second-order valence-electron chi connectivity index (χ2n) is 4.58. The summed E-state index contributed by atoms with van der Waals surface area (Å²) in [4.78, 5) is 12.0. The Morgan fingerprint density at radius 2 is 2.00 bits per heavy atom. The molecule has 1 aliphatic rings. The van der Waals surface area contributed by atoms with Gasteiger partial charge in [0.05, 0.1) is 5.75 Å². The van der Waals surface area contributed by atoms with Crippen LogP contribution in [-0.2, 0) is 4.79 Å². The molecule has 0 N–H and O–H groups in total. The normalized spacial score (nSPS) is 26.5. The molecule has 0 bridgehead atoms. The second-order valence-corrected chi connectivity index (χ2v) is 5.68. The van der Waals surface area contributed by atoms with E-state index in [0.717, 1.165) is 17.9 Å². The zero-order valence-electron chi connectivity index (χ0n) is 10.1. The van der Waals surface area contributed by atoms with Gasteiger partial charge in [-0.05, 0) is 30.9 Å². The molecule has 0 aromatic rings. The van der Waals surface area contributed by atoms with Crippen LogP contribution in [0, 0.1) is 11.8 Å². The van der Waals surface area contributed by atoms with Crippen molar-refractivity contribution in [3.63, 3.8) is 0 Å². The van der Waals surface area contributed by atoms with E-state index in [1.54, 1.807) is 0 Å². The van der Waals surface area contributed by atoms with E-state index in [4.69, 9.17) is 0 Å². The molecule has 1 nitrogen and oxygen atoms in total. The van der Waals surface area contributed by atoms with Crippen LogP contribution in [0.3, 0.4) is 0 Å². The van der Waals surface area contributed by atoms with E-state index in [-0.39, 0.29) is 0 Å². The number of ketones is 1. The Morgan fingerprint density at radius 1 is 1.27 bits per heavy atom. The first-order chi connectivity index (χ1) is 7.29. The maximum Gasteiger partial charge on any atom is 0.146 e. The molecular weight excluding hydrogens is 204 g/mol. The third-order valence-corrected chi connectivity index (χ3v) is 4.63. The maximum atomic E-state index is 12.0. The van der Waals surface area contributed by atoms with Crippen LogP contribution < -0.4 is 0 Å². The molecule has 1 fully saturated rings. The fraction of sp³-hybridized carbons (Fsp3) is 0.923. The van der Waals surface area contributed by atoms with Gasteiger partial charge in [-0.25, -0.2) is 0 Å². The van der Waals surface area contributed by atoms with Crippen LogP contribution in [0.25, 0.3) is 0 Å². The van der Waals surface area contributed by atoms with Gasteiger partial charge in [0.15, 0.2) is 0 Å². The van der Waals surface area contributed by atoms with Gasteiger partial charge in [-0.1, -0.05) is 33.1 Å². The zero-order valence-corrected chi connectivity index (χ0v) is 10.9. The molecule has 2 heteroatoms. The summed E-state index contributed by atoms with van der Waals surface area (Å²) in [5.41, 5.74) is 0. The minimum atomic E-state index is 0.396. The van der Waals surface area contributed by atoms with Crippen molar-refractivity contribution in [2.45, 2.75) is 52.4 Å². The Kier molecular flexibility index (Phi) is 6.39. The molecule has 0 aromatic carbocycles. The average Bonchev–Trinajstić information content (AvgIpc) is 2.29. The van der Waals surface area contributed by atoms with Crippen LogP contribution in [0.5, 0.6) is 0 Å². The van der Waals surface area contributed by atoms with E-state index in [1.807, 2.05) is 11.8 Å². The van der Waals surface area contributed by atoms with Crippen LogP contribution in [-0.4, -0.2) is 17.3 Å². The number of thioether (sulfide) groups is 1. The van der Waals surface area contributed by atoms with Gasteiger partial charge >= 0.3 is 0 Å². The highest BCUT2D eigenvalue weighted by Crippen LogP contribution is 2.33. The van der Waals surface area contributed by atoms with Gasteiger partial charge in [-0.2, -0.15) is 11.8 Å². The molecular formula is C13H24OS. The van der Waals surface area contributed by atoms with Crippen LogP contribution in [0.2, 0.25) is 0 Å². The number of hydrogen-bond donors (Lipinski definition) is 0. The van der Waals surface area contributed by atoms with E-state index in [2.05, 4.69) is 13.8 Å². The van der Waals surface area contributed by atoms with Crippen molar-refractivity contribution in [1.29, 1.82) is 0 Å². The standard InChI is InChI=1S/C13H24OS/c1-3-9-15-10-13(14)12-8-6-5-7-11(12)4-2/h11-12H,3-10H2,1-2H3. The van der Waals surface area contributed by atoms with Gasteiger partial charge < -0.3 is 0 Å². The average molecular weight is 228 g/mol. The van der Waals surface area contributed by atoms with E-state index in [0.29, 0.717) is 17.6 Å². The lowest BCUT2D eigenvalue weighted by Crippen LogP contribution is -2.28. The molecule has 2 atom stereocenters. The maximum absolute atomic E-state index is 12.0. The first-order valence-corrected chi connectivity index (χ1v) is 7.55. The van der Waals surface area contributed by atoms with Crippen LogP contribution in [0.15, 0.2) is 0 Å². The van der Waals surface area contributed by atoms with Crippen LogP contribution in [0.4, 0.5) is 0 Å². The molecule has 1 rings (SSSR count). The number of rotatable bonds is 6. The molecule has 15 heavy (non-hydrogen) atoms. The third-order valence-electron chi connectivity index (χ3n) is 3.44. The summed E-state index contributed by atoms with van der Waals surface area (Å²) < 4.78 is 0.